The molecule has 5 N–H and O–H groups in total. The normalized spacial score (nSPS) is 15.1. The van der Waals surface area contributed by atoms with E-state index in [0.29, 0.717) is 0 Å². The molecule has 0 saturated carbocycles. The molecule has 0 aromatic carbocycles. The third-order valence-electron chi connectivity index (χ3n) is 3.19. The SMILES string of the molecule is CC(=CC(C=C(C)C(=O)O)C(CO)(CO)CO)C(=O)O. The molecule has 0 heterocycles. The second-order valence-electron chi connectivity index (χ2n) is 4.67. The highest BCUT2D eigenvalue weighted by Crippen LogP contribution is 2.31. The molecule has 20 heavy (non-hydrogen) atoms. The van der Waals surface area contributed by atoms with Crippen LogP contribution in [-0.4, -0.2) is 57.3 Å². The van der Waals surface area contributed by atoms with Crippen LogP contribution in [0.2, 0.25) is 0 Å². The highest BCUT2D eigenvalue weighted by Gasteiger charge is 2.36. The highest BCUT2D eigenvalue weighted by molar-refractivity contribution is 5.87. The number of hydrogen-bond acceptors (Lipinski definition) is 5. The summed E-state index contributed by atoms with van der Waals surface area (Å²) in [7, 11) is 0. The summed E-state index contributed by atoms with van der Waals surface area (Å²) in [5.74, 6) is -3.35. The molecule has 0 amide bonds. The summed E-state index contributed by atoms with van der Waals surface area (Å²) in [6.45, 7) is 0.721. The Morgan fingerprint density at radius 3 is 1.40 bits per heavy atom. The van der Waals surface area contributed by atoms with E-state index in [1.807, 2.05) is 0 Å². The highest BCUT2D eigenvalue weighted by atomic mass is 16.4. The minimum atomic E-state index is -1.44. The van der Waals surface area contributed by atoms with Gasteiger partial charge in [-0.15, -0.1) is 0 Å². The molecule has 0 rings (SSSR count). The summed E-state index contributed by atoms with van der Waals surface area (Å²) in [5.41, 5.74) is -1.60. The summed E-state index contributed by atoms with van der Waals surface area (Å²) < 4.78 is 0. The summed E-state index contributed by atoms with van der Waals surface area (Å²) in [6.07, 6.45) is 2.41. The van der Waals surface area contributed by atoms with Crippen molar-refractivity contribution in [2.45, 2.75) is 13.8 Å². The Morgan fingerprint density at radius 1 is 0.900 bits per heavy atom. The average molecular weight is 288 g/mol. The molecule has 0 fully saturated rings. The van der Waals surface area contributed by atoms with Gasteiger partial charge < -0.3 is 25.5 Å². The van der Waals surface area contributed by atoms with Gasteiger partial charge >= 0.3 is 11.9 Å². The lowest BCUT2D eigenvalue weighted by Gasteiger charge is -2.33. The molecule has 7 heteroatoms. The minimum Gasteiger partial charge on any atom is -0.478 e. The zero-order valence-electron chi connectivity index (χ0n) is 11.4. The van der Waals surface area contributed by atoms with Crippen LogP contribution in [0.5, 0.6) is 0 Å². The molecule has 0 aromatic rings. The van der Waals surface area contributed by atoms with Gasteiger partial charge in [-0.25, -0.2) is 9.59 Å². The van der Waals surface area contributed by atoms with Crippen LogP contribution in [0.4, 0.5) is 0 Å². The van der Waals surface area contributed by atoms with Gasteiger partial charge in [-0.05, 0) is 13.8 Å². The molecule has 0 atom stereocenters. The fourth-order valence-corrected chi connectivity index (χ4v) is 1.55. The third kappa shape index (κ3) is 4.44. The second-order valence-corrected chi connectivity index (χ2v) is 4.67. The first-order chi connectivity index (χ1) is 9.23. The number of aliphatic hydroxyl groups is 3. The van der Waals surface area contributed by atoms with Crippen molar-refractivity contribution in [3.8, 4) is 0 Å². The number of carboxylic acid groups (broad SMARTS) is 2. The third-order valence-corrected chi connectivity index (χ3v) is 3.19. The topological polar surface area (TPSA) is 135 Å². The van der Waals surface area contributed by atoms with Gasteiger partial charge in [0.1, 0.15) is 0 Å². The molecular formula is C13H20O7. The van der Waals surface area contributed by atoms with Crippen LogP contribution in [0.15, 0.2) is 23.3 Å². The maximum Gasteiger partial charge on any atom is 0.330 e. The van der Waals surface area contributed by atoms with Crippen molar-refractivity contribution in [1.29, 1.82) is 0 Å². The fraction of sp³-hybridized carbons (Fsp3) is 0.538. The van der Waals surface area contributed by atoms with Crippen molar-refractivity contribution < 1.29 is 35.1 Å². The van der Waals surface area contributed by atoms with E-state index in [4.69, 9.17) is 10.2 Å². The van der Waals surface area contributed by atoms with E-state index in [2.05, 4.69) is 0 Å². The van der Waals surface area contributed by atoms with Crippen molar-refractivity contribution in [3.05, 3.63) is 23.3 Å². The number of carboxylic acids is 2. The largest absolute Gasteiger partial charge is 0.478 e. The molecule has 0 unspecified atom stereocenters. The Labute approximate surface area is 116 Å². The summed E-state index contributed by atoms with van der Waals surface area (Å²) in [4.78, 5) is 21.7. The summed E-state index contributed by atoms with van der Waals surface area (Å²) in [5, 5.41) is 45.9. The Hall–Kier alpha value is -1.70. The Balaban J connectivity index is 5.82. The molecule has 114 valence electrons. The van der Waals surface area contributed by atoms with Gasteiger partial charge in [0.05, 0.1) is 19.8 Å². The van der Waals surface area contributed by atoms with Crippen molar-refractivity contribution in [2.24, 2.45) is 11.3 Å². The zero-order valence-corrected chi connectivity index (χ0v) is 11.4. The fourth-order valence-electron chi connectivity index (χ4n) is 1.55. The number of hydrogen-bond donors (Lipinski definition) is 5. The van der Waals surface area contributed by atoms with E-state index < -0.39 is 43.1 Å². The van der Waals surface area contributed by atoms with E-state index >= 15 is 0 Å². The predicted octanol–water partition coefficient (Wildman–Crippen LogP) is -0.372. The van der Waals surface area contributed by atoms with E-state index in [9.17, 15) is 24.9 Å². The first-order valence-corrected chi connectivity index (χ1v) is 5.90. The van der Waals surface area contributed by atoms with Crippen LogP contribution in [0.3, 0.4) is 0 Å². The molecular weight excluding hydrogens is 268 g/mol. The quantitative estimate of drug-likeness (QED) is 0.384. The number of aliphatic carboxylic acids is 2. The Kier molecular flexibility index (Phi) is 7.12. The smallest absolute Gasteiger partial charge is 0.330 e. The molecule has 0 aliphatic heterocycles. The van der Waals surface area contributed by atoms with Crippen molar-refractivity contribution in [2.75, 3.05) is 19.8 Å². The molecule has 0 radical (unpaired) electrons. The monoisotopic (exact) mass is 288 g/mol. The predicted molar refractivity (Wildman–Crippen MR) is 70.0 cm³/mol. The van der Waals surface area contributed by atoms with Gasteiger partial charge in [-0.3, -0.25) is 0 Å². The van der Waals surface area contributed by atoms with Crippen molar-refractivity contribution >= 4 is 11.9 Å². The molecule has 0 aliphatic carbocycles. The molecule has 0 bridgehead atoms. The van der Waals surface area contributed by atoms with Crippen LogP contribution in [-0.2, 0) is 9.59 Å². The Morgan fingerprint density at radius 2 is 1.20 bits per heavy atom. The van der Waals surface area contributed by atoms with Gasteiger partial charge in [0.15, 0.2) is 0 Å². The van der Waals surface area contributed by atoms with E-state index in [0.717, 1.165) is 0 Å². The zero-order chi connectivity index (χ0) is 15.9. The Bertz CT molecular complexity index is 380. The van der Waals surface area contributed by atoms with Gasteiger partial charge in [-0.2, -0.15) is 0 Å². The van der Waals surface area contributed by atoms with Crippen molar-refractivity contribution in [1.82, 2.24) is 0 Å². The molecule has 0 saturated heterocycles. The maximum absolute atomic E-state index is 10.9. The second kappa shape index (κ2) is 7.78. The van der Waals surface area contributed by atoms with Gasteiger partial charge in [0.2, 0.25) is 0 Å². The molecule has 0 aliphatic rings. The molecule has 7 nitrogen and oxygen atoms in total. The van der Waals surface area contributed by atoms with E-state index in [1.54, 1.807) is 0 Å². The molecule has 0 aromatic heterocycles. The minimum absolute atomic E-state index is 0.0795. The van der Waals surface area contributed by atoms with E-state index in [1.165, 1.54) is 26.0 Å². The summed E-state index contributed by atoms with van der Waals surface area (Å²) >= 11 is 0. The number of aliphatic hydroxyl groups excluding tert-OH is 3. The van der Waals surface area contributed by atoms with Crippen LogP contribution >= 0.6 is 0 Å². The molecule has 0 spiro atoms. The van der Waals surface area contributed by atoms with Crippen LogP contribution in [0, 0.1) is 11.3 Å². The average Bonchev–Trinajstić information content (AvgIpc) is 2.40. The standard InChI is InChI=1S/C13H20O7/c1-8(11(17)18)3-10(4-9(2)12(19)20)13(5-14,6-15)7-16/h3-4,10,14-16H,5-7H2,1-2H3,(H,17,18)(H,19,20). The summed E-state index contributed by atoms with van der Waals surface area (Å²) in [6, 6.07) is 0. The number of allylic oxidation sites excluding steroid dienone is 2. The van der Waals surface area contributed by atoms with Crippen LogP contribution < -0.4 is 0 Å². The van der Waals surface area contributed by atoms with Gasteiger partial charge in [0.25, 0.3) is 0 Å². The number of carbonyl (C=O) groups is 2. The van der Waals surface area contributed by atoms with Gasteiger partial charge in [0, 0.05) is 22.5 Å². The van der Waals surface area contributed by atoms with Crippen LogP contribution in [0.1, 0.15) is 13.8 Å². The van der Waals surface area contributed by atoms with E-state index in [-0.39, 0.29) is 11.1 Å². The number of rotatable bonds is 8. The van der Waals surface area contributed by atoms with Crippen LogP contribution in [0.25, 0.3) is 0 Å². The first kappa shape index (κ1) is 18.3. The maximum atomic E-state index is 10.9. The van der Waals surface area contributed by atoms with Crippen molar-refractivity contribution in [3.63, 3.8) is 0 Å². The lowest BCUT2D eigenvalue weighted by Crippen LogP contribution is -2.40. The van der Waals surface area contributed by atoms with Gasteiger partial charge in [-0.1, -0.05) is 12.2 Å². The lowest BCUT2D eigenvalue weighted by molar-refractivity contribution is -0.133. The lowest BCUT2D eigenvalue weighted by atomic mass is 9.75. The first-order valence-electron chi connectivity index (χ1n) is 5.90.